The lowest BCUT2D eigenvalue weighted by atomic mass is 9.92. The van der Waals surface area contributed by atoms with Gasteiger partial charge in [0.1, 0.15) is 5.75 Å². The summed E-state index contributed by atoms with van der Waals surface area (Å²) in [6, 6.07) is 25.7. The summed E-state index contributed by atoms with van der Waals surface area (Å²) < 4.78 is 0. The lowest BCUT2D eigenvalue weighted by Gasteiger charge is -2.14. The Morgan fingerprint density at radius 1 is 0.652 bits per heavy atom. The first kappa shape index (κ1) is 13.5. The molecule has 0 amide bonds. The van der Waals surface area contributed by atoms with Gasteiger partial charge in [-0.1, -0.05) is 66.7 Å². The molecule has 0 atom stereocenters. The molecule has 1 aromatic heterocycles. The van der Waals surface area contributed by atoms with Crippen LogP contribution in [0.4, 0.5) is 0 Å². The van der Waals surface area contributed by atoms with Gasteiger partial charge in [-0.15, -0.1) is 0 Å². The van der Waals surface area contributed by atoms with Crippen molar-refractivity contribution in [3.63, 3.8) is 0 Å². The molecule has 2 heteroatoms. The highest BCUT2D eigenvalue weighted by atomic mass is 16.3. The molecule has 0 unspecified atom stereocenters. The van der Waals surface area contributed by atoms with Gasteiger partial charge < -0.3 is 5.11 Å². The van der Waals surface area contributed by atoms with Crippen molar-refractivity contribution in [1.29, 1.82) is 0 Å². The minimum Gasteiger partial charge on any atom is -0.507 e. The molecule has 1 heterocycles. The first-order valence-electron chi connectivity index (χ1n) is 7.56. The lowest BCUT2D eigenvalue weighted by molar-refractivity contribution is 0.477. The first-order chi connectivity index (χ1) is 11.3. The molecule has 0 saturated heterocycles. The molecule has 110 valence electrons. The zero-order chi connectivity index (χ0) is 15.6. The van der Waals surface area contributed by atoms with Crippen molar-refractivity contribution >= 4 is 10.9 Å². The number of hydrogen-bond donors (Lipinski definition) is 1. The van der Waals surface area contributed by atoms with Gasteiger partial charge in [0.2, 0.25) is 0 Å². The molecule has 0 aliphatic heterocycles. The van der Waals surface area contributed by atoms with Gasteiger partial charge in [-0.3, -0.25) is 4.98 Å². The maximum absolute atomic E-state index is 10.3. The summed E-state index contributed by atoms with van der Waals surface area (Å²) in [5, 5.41) is 11.4. The monoisotopic (exact) mass is 297 g/mol. The zero-order valence-corrected chi connectivity index (χ0v) is 12.5. The molecule has 0 bridgehead atoms. The Kier molecular flexibility index (Phi) is 3.28. The average Bonchev–Trinajstić information content (AvgIpc) is 2.62. The second-order valence-electron chi connectivity index (χ2n) is 5.45. The summed E-state index contributed by atoms with van der Waals surface area (Å²) in [4.78, 5) is 4.57. The van der Waals surface area contributed by atoms with Gasteiger partial charge in [0.25, 0.3) is 0 Å². The highest BCUT2D eigenvalue weighted by Gasteiger charge is 2.14. The number of phenols is 1. The number of benzene rings is 3. The highest BCUT2D eigenvalue weighted by molar-refractivity contribution is 6.02. The van der Waals surface area contributed by atoms with Gasteiger partial charge in [0.15, 0.2) is 0 Å². The van der Waals surface area contributed by atoms with E-state index in [1.165, 1.54) is 0 Å². The topological polar surface area (TPSA) is 33.1 Å². The van der Waals surface area contributed by atoms with E-state index < -0.39 is 0 Å². The standard InChI is InChI=1S/C21H15NO/c23-20-13-7-5-10-16(20)18-14-22-19-12-6-4-11-17(19)21(18)15-8-2-1-3-9-15/h1-14,23H. The van der Waals surface area contributed by atoms with Crippen molar-refractivity contribution in [3.05, 3.63) is 85.1 Å². The van der Waals surface area contributed by atoms with Gasteiger partial charge in [0, 0.05) is 28.3 Å². The van der Waals surface area contributed by atoms with Crippen molar-refractivity contribution in [2.24, 2.45) is 0 Å². The molecular formula is C21H15NO. The highest BCUT2D eigenvalue weighted by Crippen LogP contribution is 2.39. The Bertz CT molecular complexity index is 977. The van der Waals surface area contributed by atoms with Crippen LogP contribution in [0.3, 0.4) is 0 Å². The van der Waals surface area contributed by atoms with Crippen molar-refractivity contribution in [2.75, 3.05) is 0 Å². The Morgan fingerprint density at radius 2 is 1.35 bits per heavy atom. The number of phenolic OH excluding ortho intramolecular Hbond substituents is 1. The van der Waals surface area contributed by atoms with Crippen molar-refractivity contribution in [3.8, 4) is 28.0 Å². The van der Waals surface area contributed by atoms with E-state index in [0.29, 0.717) is 0 Å². The predicted molar refractivity (Wildman–Crippen MR) is 94.3 cm³/mol. The van der Waals surface area contributed by atoms with Gasteiger partial charge >= 0.3 is 0 Å². The summed E-state index contributed by atoms with van der Waals surface area (Å²) in [6.45, 7) is 0. The first-order valence-corrected chi connectivity index (χ1v) is 7.56. The Labute approximate surface area is 134 Å². The van der Waals surface area contributed by atoms with E-state index in [-0.39, 0.29) is 5.75 Å². The normalized spacial score (nSPS) is 10.8. The summed E-state index contributed by atoms with van der Waals surface area (Å²) in [7, 11) is 0. The van der Waals surface area contributed by atoms with Crippen LogP contribution in [0.2, 0.25) is 0 Å². The third-order valence-corrected chi connectivity index (χ3v) is 4.03. The Morgan fingerprint density at radius 3 is 2.17 bits per heavy atom. The van der Waals surface area contributed by atoms with Crippen LogP contribution < -0.4 is 0 Å². The number of fused-ring (bicyclic) bond motifs is 1. The predicted octanol–water partition coefficient (Wildman–Crippen LogP) is 5.27. The molecule has 1 N–H and O–H groups in total. The lowest BCUT2D eigenvalue weighted by Crippen LogP contribution is -1.90. The van der Waals surface area contributed by atoms with Crippen molar-refractivity contribution in [1.82, 2.24) is 4.98 Å². The van der Waals surface area contributed by atoms with Crippen LogP contribution in [-0.4, -0.2) is 10.1 Å². The van der Waals surface area contributed by atoms with Gasteiger partial charge in [-0.2, -0.15) is 0 Å². The molecule has 23 heavy (non-hydrogen) atoms. The number of hydrogen-bond acceptors (Lipinski definition) is 2. The summed E-state index contributed by atoms with van der Waals surface area (Å²) >= 11 is 0. The third-order valence-electron chi connectivity index (χ3n) is 4.03. The van der Waals surface area contributed by atoms with E-state index in [0.717, 1.165) is 33.2 Å². The number of aromatic nitrogens is 1. The molecular weight excluding hydrogens is 282 g/mol. The number of nitrogens with zero attached hydrogens (tertiary/aromatic N) is 1. The largest absolute Gasteiger partial charge is 0.507 e. The van der Waals surface area contributed by atoms with E-state index in [1.54, 1.807) is 6.07 Å². The smallest absolute Gasteiger partial charge is 0.123 e. The number of para-hydroxylation sites is 2. The maximum Gasteiger partial charge on any atom is 0.123 e. The Balaban J connectivity index is 2.11. The number of rotatable bonds is 2. The van der Waals surface area contributed by atoms with E-state index in [9.17, 15) is 5.11 Å². The van der Waals surface area contributed by atoms with E-state index in [2.05, 4.69) is 23.2 Å². The fraction of sp³-hybridized carbons (Fsp3) is 0. The van der Waals surface area contributed by atoms with Gasteiger partial charge in [-0.05, 0) is 17.7 Å². The quantitative estimate of drug-likeness (QED) is 0.546. The van der Waals surface area contributed by atoms with E-state index in [1.807, 2.05) is 60.8 Å². The number of aromatic hydroxyl groups is 1. The molecule has 0 saturated carbocycles. The minimum absolute atomic E-state index is 0.266. The Hall–Kier alpha value is -3.13. The van der Waals surface area contributed by atoms with Crippen molar-refractivity contribution in [2.45, 2.75) is 0 Å². The summed E-state index contributed by atoms with van der Waals surface area (Å²) in [6.07, 6.45) is 1.85. The summed E-state index contributed by atoms with van der Waals surface area (Å²) in [5.41, 5.74) is 4.89. The molecule has 4 aromatic rings. The van der Waals surface area contributed by atoms with Crippen LogP contribution in [0.25, 0.3) is 33.2 Å². The molecule has 0 aliphatic rings. The second kappa shape index (κ2) is 5.58. The van der Waals surface area contributed by atoms with Crippen LogP contribution in [-0.2, 0) is 0 Å². The SMILES string of the molecule is Oc1ccccc1-c1cnc2ccccc2c1-c1ccccc1. The molecule has 2 nitrogen and oxygen atoms in total. The molecule has 0 aliphatic carbocycles. The maximum atomic E-state index is 10.3. The fourth-order valence-corrected chi connectivity index (χ4v) is 2.96. The molecule has 0 radical (unpaired) electrons. The molecule has 3 aromatic carbocycles. The number of pyridine rings is 1. The van der Waals surface area contributed by atoms with Gasteiger partial charge in [-0.25, -0.2) is 0 Å². The van der Waals surface area contributed by atoms with E-state index >= 15 is 0 Å². The minimum atomic E-state index is 0.266. The van der Waals surface area contributed by atoms with Crippen LogP contribution in [0, 0.1) is 0 Å². The molecule has 0 fully saturated rings. The van der Waals surface area contributed by atoms with Crippen molar-refractivity contribution < 1.29 is 5.11 Å². The molecule has 4 rings (SSSR count). The fourth-order valence-electron chi connectivity index (χ4n) is 2.96. The van der Waals surface area contributed by atoms with E-state index in [4.69, 9.17) is 0 Å². The summed E-state index contributed by atoms with van der Waals surface area (Å²) in [5.74, 6) is 0.266. The third kappa shape index (κ3) is 2.34. The second-order valence-corrected chi connectivity index (χ2v) is 5.45. The average molecular weight is 297 g/mol. The van der Waals surface area contributed by atoms with Crippen LogP contribution in [0.1, 0.15) is 0 Å². The van der Waals surface area contributed by atoms with Gasteiger partial charge in [0.05, 0.1) is 5.52 Å². The van der Waals surface area contributed by atoms with Crippen LogP contribution in [0.5, 0.6) is 5.75 Å². The molecule has 0 spiro atoms. The zero-order valence-electron chi connectivity index (χ0n) is 12.5. The van der Waals surface area contributed by atoms with Crippen LogP contribution in [0.15, 0.2) is 85.1 Å². The van der Waals surface area contributed by atoms with Crippen LogP contribution >= 0.6 is 0 Å².